The van der Waals surface area contributed by atoms with Crippen LogP contribution in [0.3, 0.4) is 0 Å². The van der Waals surface area contributed by atoms with E-state index in [-0.39, 0.29) is 36.4 Å². The Kier molecular flexibility index (Phi) is 11.8. The van der Waals surface area contributed by atoms with Crippen molar-refractivity contribution < 1.29 is 19.1 Å². The number of halogens is 1. The highest BCUT2D eigenvalue weighted by Crippen LogP contribution is 2.46. The number of nitrogens with one attached hydrogen (secondary N) is 3. The molecule has 2 aliphatic heterocycles. The van der Waals surface area contributed by atoms with Crippen molar-refractivity contribution in [1.82, 2.24) is 50.4 Å². The highest BCUT2D eigenvalue weighted by Gasteiger charge is 2.58. The molecule has 2 aromatic heterocycles. The number of piperidine rings is 2. The van der Waals surface area contributed by atoms with E-state index in [0.717, 1.165) is 35.3 Å². The third-order valence-electron chi connectivity index (χ3n) is 10.3. The molecule has 3 N–H and O–H groups in total. The zero-order chi connectivity index (χ0) is 39.0. The average molecular weight is 783 g/mol. The van der Waals surface area contributed by atoms with Crippen LogP contribution in [-0.4, -0.2) is 96.2 Å². The predicted molar refractivity (Wildman–Crippen MR) is 216 cm³/mol. The topological polar surface area (TPSA) is 161 Å². The van der Waals surface area contributed by atoms with Crippen LogP contribution in [0, 0.1) is 51.4 Å². The number of carbonyl (C=O) groups is 3. The molecule has 2 aliphatic carbocycles. The van der Waals surface area contributed by atoms with Crippen LogP contribution in [0.5, 0.6) is 0 Å². The van der Waals surface area contributed by atoms with Crippen molar-refractivity contribution in [3.63, 3.8) is 0 Å². The zero-order valence-corrected chi connectivity index (χ0v) is 33.7. The Labute approximate surface area is 333 Å². The first-order valence-electron chi connectivity index (χ1n) is 18.8. The first-order chi connectivity index (χ1) is 26.2. The molecule has 3 amide bonds. The Morgan fingerprint density at radius 3 is 1.52 bits per heavy atom. The van der Waals surface area contributed by atoms with Gasteiger partial charge in [0, 0.05) is 85.8 Å². The van der Waals surface area contributed by atoms with Crippen LogP contribution >= 0.6 is 12.4 Å². The van der Waals surface area contributed by atoms with E-state index in [1.165, 1.54) is 28.0 Å². The van der Waals surface area contributed by atoms with Crippen molar-refractivity contribution in [2.24, 2.45) is 23.7 Å². The smallest absolute Gasteiger partial charge is 0.410 e. The molecule has 4 fully saturated rings. The summed E-state index contributed by atoms with van der Waals surface area (Å²) in [6.07, 6.45) is 9.13. The van der Waals surface area contributed by atoms with Crippen molar-refractivity contribution in [3.8, 4) is 22.8 Å². The van der Waals surface area contributed by atoms with Gasteiger partial charge < -0.3 is 25.6 Å². The molecular formula is C41H51ClN10O4. The Morgan fingerprint density at radius 1 is 0.696 bits per heavy atom. The fourth-order valence-electron chi connectivity index (χ4n) is 7.73. The summed E-state index contributed by atoms with van der Waals surface area (Å²) in [5.41, 5.74) is 6.11. The van der Waals surface area contributed by atoms with Gasteiger partial charge in [-0.25, -0.2) is 24.1 Å². The van der Waals surface area contributed by atoms with Crippen LogP contribution in [0.15, 0.2) is 61.2 Å². The number of aromatic nitrogens is 6. The molecule has 4 aromatic rings. The maximum absolute atomic E-state index is 12.3. The van der Waals surface area contributed by atoms with Gasteiger partial charge in [0.2, 0.25) is 11.8 Å². The van der Waals surface area contributed by atoms with Gasteiger partial charge in [-0.3, -0.25) is 9.59 Å². The number of benzene rings is 2. The van der Waals surface area contributed by atoms with Gasteiger partial charge >= 0.3 is 6.09 Å². The Morgan fingerprint density at radius 2 is 1.11 bits per heavy atom. The number of fused-ring (bicyclic) bond motifs is 2. The lowest BCUT2D eigenvalue weighted by molar-refractivity contribution is -0.117. The van der Waals surface area contributed by atoms with E-state index in [2.05, 4.69) is 74.2 Å². The first-order valence-corrected chi connectivity index (χ1v) is 18.8. The number of aryl methyl sites for hydroxylation is 4. The molecule has 0 spiro atoms. The standard InChI is InChI=1S/C23H29N5O3.C18H21N5O.ClH/c1-14-8-15(2)10-16(9-14)21-24-13-28(26-21)7-6-19(29)25-20-17-11-27(12-18(17)20)22(30)31-23(3,4)5;1-11-5-12(2)7-13(6-11)18-20-10-23(22-18)4-3-16(24)21-17-14-8-19-9-15(14)17;/h6-10,13,17-18,20H,11-12H2,1-5H3,(H,25,29);3-7,10,14-15,17,19H,8-9H2,1-2H3,(H,21,24);1H/b7-6-;4-3-;. The number of carbonyl (C=O) groups excluding carboxylic acids is 3. The largest absolute Gasteiger partial charge is 0.444 e. The molecule has 8 rings (SSSR count). The van der Waals surface area contributed by atoms with Gasteiger partial charge in [0.05, 0.1) is 0 Å². The minimum Gasteiger partial charge on any atom is -0.444 e. The van der Waals surface area contributed by atoms with Crippen molar-refractivity contribution in [3.05, 3.63) is 83.5 Å². The van der Waals surface area contributed by atoms with Gasteiger partial charge in [-0.2, -0.15) is 0 Å². The van der Waals surface area contributed by atoms with Crippen LogP contribution < -0.4 is 16.0 Å². The van der Waals surface area contributed by atoms with E-state index in [4.69, 9.17) is 4.74 Å². The molecule has 296 valence electrons. The van der Waals surface area contributed by atoms with Crippen molar-refractivity contribution >= 4 is 42.7 Å². The number of hydrogen-bond acceptors (Lipinski definition) is 9. The average Bonchev–Trinajstić information content (AvgIpc) is 3.61. The SMILES string of the molecule is Cc1cc(C)cc(-c2ncn(/C=C\C(=O)NC3C4CN(C(=O)OC(C)(C)C)CC43)n2)c1.Cc1cc(C)cc(-c2ncn(/C=C\C(=O)NC3C4CNCC43)n2)c1.Cl. The summed E-state index contributed by atoms with van der Waals surface area (Å²) in [6, 6.07) is 12.9. The second-order valence-electron chi connectivity index (χ2n) is 16.2. The van der Waals surface area contributed by atoms with Crippen LogP contribution in [0.2, 0.25) is 0 Å². The number of likely N-dealkylation sites (tertiary alicyclic amines) is 1. The number of rotatable bonds is 8. The summed E-state index contributed by atoms with van der Waals surface area (Å²) in [7, 11) is 0. The monoisotopic (exact) mass is 782 g/mol. The Balaban J connectivity index is 0.000000192. The highest BCUT2D eigenvalue weighted by atomic mass is 35.5. The van der Waals surface area contributed by atoms with Crippen LogP contribution in [0.25, 0.3) is 35.2 Å². The molecular weight excluding hydrogens is 732 g/mol. The third kappa shape index (κ3) is 9.90. The minimum absolute atomic E-state index is 0. The van der Waals surface area contributed by atoms with Gasteiger partial charge in [-0.1, -0.05) is 34.4 Å². The number of hydrogen-bond donors (Lipinski definition) is 3. The van der Waals surface area contributed by atoms with Gasteiger partial charge in [-0.05, 0) is 84.6 Å². The lowest BCUT2D eigenvalue weighted by Gasteiger charge is -2.25. The molecule has 4 unspecified atom stereocenters. The fraction of sp³-hybridized carbons (Fsp3) is 0.439. The molecule has 4 aliphatic rings. The second kappa shape index (κ2) is 16.4. The normalized spacial score (nSPS) is 23.2. The first kappa shape index (κ1) is 40.3. The number of amides is 3. The number of ether oxygens (including phenoxy) is 1. The fourth-order valence-corrected chi connectivity index (χ4v) is 7.73. The summed E-state index contributed by atoms with van der Waals surface area (Å²) in [6.45, 7) is 17.0. The molecule has 2 aromatic carbocycles. The molecule has 2 saturated carbocycles. The lowest BCUT2D eigenvalue weighted by atomic mass is 10.1. The van der Waals surface area contributed by atoms with E-state index in [1.54, 1.807) is 34.6 Å². The highest BCUT2D eigenvalue weighted by molar-refractivity contribution is 5.91. The van der Waals surface area contributed by atoms with E-state index >= 15 is 0 Å². The zero-order valence-electron chi connectivity index (χ0n) is 32.9. The molecule has 2 saturated heterocycles. The third-order valence-corrected chi connectivity index (χ3v) is 10.3. The van der Waals surface area contributed by atoms with Crippen molar-refractivity contribution in [2.75, 3.05) is 26.2 Å². The van der Waals surface area contributed by atoms with Gasteiger partial charge in [0.1, 0.15) is 18.3 Å². The van der Waals surface area contributed by atoms with Gasteiger partial charge in [-0.15, -0.1) is 22.6 Å². The van der Waals surface area contributed by atoms with Crippen molar-refractivity contribution in [2.45, 2.75) is 66.2 Å². The Hall–Kier alpha value is -5.34. The van der Waals surface area contributed by atoms with Crippen LogP contribution in [0.4, 0.5) is 4.79 Å². The Bertz CT molecular complexity index is 2090. The lowest BCUT2D eigenvalue weighted by Crippen LogP contribution is -2.39. The number of nitrogens with zero attached hydrogens (tertiary/aromatic N) is 7. The summed E-state index contributed by atoms with van der Waals surface area (Å²) in [5, 5.41) is 18.2. The van der Waals surface area contributed by atoms with E-state index in [0.29, 0.717) is 54.5 Å². The predicted octanol–water partition coefficient (Wildman–Crippen LogP) is 4.80. The van der Waals surface area contributed by atoms with Crippen molar-refractivity contribution in [1.29, 1.82) is 0 Å². The molecule has 4 heterocycles. The minimum atomic E-state index is -0.498. The summed E-state index contributed by atoms with van der Waals surface area (Å²) in [5.74, 6) is 2.87. The molecule has 4 atom stereocenters. The van der Waals surface area contributed by atoms with Gasteiger partial charge in [0.15, 0.2) is 11.6 Å². The molecule has 0 bridgehead atoms. The molecule has 56 heavy (non-hydrogen) atoms. The quantitative estimate of drug-likeness (QED) is 0.213. The van der Waals surface area contributed by atoms with E-state index < -0.39 is 5.60 Å². The molecule has 14 nitrogen and oxygen atoms in total. The summed E-state index contributed by atoms with van der Waals surface area (Å²) in [4.78, 5) is 46.8. The molecule has 15 heteroatoms. The summed E-state index contributed by atoms with van der Waals surface area (Å²) >= 11 is 0. The van der Waals surface area contributed by atoms with Crippen LogP contribution in [-0.2, 0) is 14.3 Å². The van der Waals surface area contributed by atoms with Crippen LogP contribution in [0.1, 0.15) is 43.0 Å². The second-order valence-corrected chi connectivity index (χ2v) is 16.2. The van der Waals surface area contributed by atoms with E-state index in [9.17, 15) is 14.4 Å². The summed E-state index contributed by atoms with van der Waals surface area (Å²) < 4.78 is 8.52. The maximum Gasteiger partial charge on any atom is 0.410 e. The molecule has 0 radical (unpaired) electrons. The van der Waals surface area contributed by atoms with E-state index in [1.807, 2.05) is 46.8 Å². The van der Waals surface area contributed by atoms with Gasteiger partial charge in [0.25, 0.3) is 0 Å². The maximum atomic E-state index is 12.3.